The molecule has 0 aromatic rings. The first-order valence-electron chi connectivity index (χ1n) is 6.03. The van der Waals surface area contributed by atoms with Gasteiger partial charge < -0.3 is 0 Å². The maximum Gasteiger partial charge on any atom is -0.0259 e. The lowest BCUT2D eigenvalue weighted by molar-refractivity contribution is 0.502. The van der Waals surface area contributed by atoms with Gasteiger partial charge in [0.05, 0.1) is 0 Å². The predicted octanol–water partition coefficient (Wildman–Crippen LogP) is 5.14. The molecule has 0 N–H and O–H groups in total. The number of hydrogen-bond donors (Lipinski definition) is 0. The third-order valence-corrected chi connectivity index (χ3v) is 2.56. The van der Waals surface area contributed by atoms with Crippen molar-refractivity contribution in [2.24, 2.45) is 11.8 Å². The second-order valence-electron chi connectivity index (χ2n) is 4.80. The molecule has 0 saturated carbocycles. The molecule has 0 rings (SSSR count). The van der Waals surface area contributed by atoms with Gasteiger partial charge in [0.25, 0.3) is 0 Å². The van der Waals surface area contributed by atoms with Crippen LogP contribution in [-0.4, -0.2) is 0 Å². The number of hydrogen-bond acceptors (Lipinski definition) is 0. The van der Waals surface area contributed by atoms with Crippen LogP contribution in [0, 0.1) is 11.8 Å². The second-order valence-corrected chi connectivity index (χ2v) is 4.80. The molecule has 0 nitrogen and oxygen atoms in total. The molecule has 15 heavy (non-hydrogen) atoms. The van der Waals surface area contributed by atoms with E-state index in [0.29, 0.717) is 5.92 Å². The molecule has 0 aliphatic carbocycles. The molecule has 0 bridgehead atoms. The van der Waals surface area contributed by atoms with Gasteiger partial charge in [-0.2, -0.15) is 0 Å². The Hall–Kier alpha value is -0.780. The van der Waals surface area contributed by atoms with Crippen LogP contribution in [-0.2, 0) is 0 Å². The predicted molar refractivity (Wildman–Crippen MR) is 70.9 cm³/mol. The Balaban J connectivity index is 3.73. The molecule has 0 amide bonds. The summed E-state index contributed by atoms with van der Waals surface area (Å²) in [6, 6.07) is 0. The summed E-state index contributed by atoms with van der Waals surface area (Å²) in [5, 5.41) is 0. The molecule has 0 spiro atoms. The van der Waals surface area contributed by atoms with Gasteiger partial charge in [-0.1, -0.05) is 70.1 Å². The van der Waals surface area contributed by atoms with Gasteiger partial charge in [-0.05, 0) is 25.2 Å². The van der Waals surface area contributed by atoms with Crippen molar-refractivity contribution in [1.29, 1.82) is 0 Å². The zero-order valence-corrected chi connectivity index (χ0v) is 10.8. The molecule has 0 aliphatic heterocycles. The van der Waals surface area contributed by atoms with Gasteiger partial charge in [0.15, 0.2) is 0 Å². The molecule has 1 atom stereocenters. The maximum absolute atomic E-state index is 3.73. The van der Waals surface area contributed by atoms with Crippen LogP contribution in [0.1, 0.15) is 47.0 Å². The lowest BCUT2D eigenvalue weighted by Crippen LogP contribution is -1.92. The zero-order chi connectivity index (χ0) is 11.7. The zero-order valence-electron chi connectivity index (χ0n) is 10.8. The highest BCUT2D eigenvalue weighted by atomic mass is 14.0. The van der Waals surface area contributed by atoms with E-state index in [1.807, 2.05) is 6.08 Å². The number of allylic oxidation sites excluding steroid dienone is 5. The van der Waals surface area contributed by atoms with Crippen molar-refractivity contribution in [1.82, 2.24) is 0 Å². The molecule has 86 valence electrons. The first-order chi connectivity index (χ1) is 7.06. The Morgan fingerprint density at radius 1 is 1.20 bits per heavy atom. The van der Waals surface area contributed by atoms with Crippen molar-refractivity contribution < 1.29 is 0 Å². The Labute approximate surface area is 95.8 Å². The summed E-state index contributed by atoms with van der Waals surface area (Å²) in [5.41, 5.74) is 1.22. The fourth-order valence-corrected chi connectivity index (χ4v) is 1.41. The summed E-state index contributed by atoms with van der Waals surface area (Å²) in [6.07, 6.45) is 12.4. The van der Waals surface area contributed by atoms with Crippen LogP contribution >= 0.6 is 0 Å². The SMILES string of the molecule is C=C/C(C)=C/C=C\C(C)CCCC(C)C. The van der Waals surface area contributed by atoms with Crippen molar-refractivity contribution in [3.05, 3.63) is 36.5 Å². The van der Waals surface area contributed by atoms with Crippen LogP contribution < -0.4 is 0 Å². The Bertz CT molecular complexity index is 218. The molecule has 0 saturated heterocycles. The molecule has 0 radical (unpaired) electrons. The van der Waals surface area contributed by atoms with E-state index in [9.17, 15) is 0 Å². The minimum atomic E-state index is 0.692. The second kappa shape index (κ2) is 8.52. The van der Waals surface area contributed by atoms with E-state index in [1.165, 1.54) is 24.8 Å². The first kappa shape index (κ1) is 14.2. The van der Waals surface area contributed by atoms with Crippen LogP contribution in [0.2, 0.25) is 0 Å². The minimum Gasteiger partial charge on any atom is -0.0988 e. The normalized spacial score (nSPS) is 14.9. The topological polar surface area (TPSA) is 0 Å². The Kier molecular flexibility index (Phi) is 8.08. The fourth-order valence-electron chi connectivity index (χ4n) is 1.41. The maximum atomic E-state index is 3.73. The van der Waals surface area contributed by atoms with Gasteiger partial charge in [-0.25, -0.2) is 0 Å². The van der Waals surface area contributed by atoms with E-state index in [1.54, 1.807) is 0 Å². The monoisotopic (exact) mass is 206 g/mol. The molecule has 0 aromatic carbocycles. The van der Waals surface area contributed by atoms with Crippen LogP contribution in [0.4, 0.5) is 0 Å². The highest BCUT2D eigenvalue weighted by Gasteiger charge is 1.98. The van der Waals surface area contributed by atoms with Crippen molar-refractivity contribution >= 4 is 0 Å². The summed E-state index contributed by atoms with van der Waals surface area (Å²) in [4.78, 5) is 0. The van der Waals surface area contributed by atoms with E-state index >= 15 is 0 Å². The largest absolute Gasteiger partial charge is 0.0988 e. The Morgan fingerprint density at radius 2 is 1.87 bits per heavy atom. The van der Waals surface area contributed by atoms with Crippen LogP contribution in [0.25, 0.3) is 0 Å². The minimum absolute atomic E-state index is 0.692. The van der Waals surface area contributed by atoms with Gasteiger partial charge in [0, 0.05) is 0 Å². The number of rotatable bonds is 7. The highest BCUT2D eigenvalue weighted by molar-refractivity contribution is 5.19. The van der Waals surface area contributed by atoms with Gasteiger partial charge in [0.2, 0.25) is 0 Å². The Morgan fingerprint density at radius 3 is 2.40 bits per heavy atom. The van der Waals surface area contributed by atoms with Crippen molar-refractivity contribution in [2.75, 3.05) is 0 Å². The standard InChI is InChI=1S/C15H26/c1-6-14(4)10-8-12-15(5)11-7-9-13(2)3/h6,8,10,12-13,15H,1,7,9,11H2,2-5H3/b12-8-,14-10+. The average Bonchev–Trinajstić information content (AvgIpc) is 2.17. The van der Waals surface area contributed by atoms with E-state index in [2.05, 4.69) is 52.5 Å². The van der Waals surface area contributed by atoms with Crippen LogP contribution in [0.5, 0.6) is 0 Å². The first-order valence-corrected chi connectivity index (χ1v) is 6.03. The van der Waals surface area contributed by atoms with E-state index < -0.39 is 0 Å². The van der Waals surface area contributed by atoms with Gasteiger partial charge in [-0.15, -0.1) is 0 Å². The summed E-state index contributed by atoms with van der Waals surface area (Å²) in [7, 11) is 0. The molecule has 0 fully saturated rings. The molecular formula is C15H26. The van der Waals surface area contributed by atoms with E-state index in [-0.39, 0.29) is 0 Å². The molecule has 0 heteroatoms. The van der Waals surface area contributed by atoms with Crippen molar-refractivity contribution in [3.8, 4) is 0 Å². The summed E-state index contributed by atoms with van der Waals surface area (Å²) >= 11 is 0. The quantitative estimate of drug-likeness (QED) is 0.506. The van der Waals surface area contributed by atoms with Gasteiger partial charge in [0.1, 0.15) is 0 Å². The summed E-state index contributed by atoms with van der Waals surface area (Å²) < 4.78 is 0. The summed E-state index contributed by atoms with van der Waals surface area (Å²) in [5.74, 6) is 1.53. The molecule has 0 aromatic heterocycles. The lowest BCUT2D eigenvalue weighted by atomic mass is 9.99. The molecule has 0 heterocycles. The molecular weight excluding hydrogens is 180 g/mol. The van der Waals surface area contributed by atoms with E-state index in [0.717, 1.165) is 5.92 Å². The van der Waals surface area contributed by atoms with Crippen LogP contribution in [0.3, 0.4) is 0 Å². The van der Waals surface area contributed by atoms with Crippen molar-refractivity contribution in [2.45, 2.75) is 47.0 Å². The van der Waals surface area contributed by atoms with Crippen LogP contribution in [0.15, 0.2) is 36.5 Å². The lowest BCUT2D eigenvalue weighted by Gasteiger charge is -2.07. The smallest absolute Gasteiger partial charge is 0.0259 e. The van der Waals surface area contributed by atoms with Gasteiger partial charge in [-0.3, -0.25) is 0 Å². The third kappa shape index (κ3) is 9.52. The molecule has 1 unspecified atom stereocenters. The van der Waals surface area contributed by atoms with Gasteiger partial charge >= 0.3 is 0 Å². The summed E-state index contributed by atoms with van der Waals surface area (Å²) in [6.45, 7) is 12.7. The third-order valence-electron chi connectivity index (χ3n) is 2.56. The van der Waals surface area contributed by atoms with Crippen molar-refractivity contribution in [3.63, 3.8) is 0 Å². The highest BCUT2D eigenvalue weighted by Crippen LogP contribution is 2.13. The van der Waals surface area contributed by atoms with E-state index in [4.69, 9.17) is 0 Å². The molecule has 0 aliphatic rings. The average molecular weight is 206 g/mol. The fraction of sp³-hybridized carbons (Fsp3) is 0.600.